The molecule has 4 rings (SSSR count). The third-order valence-corrected chi connectivity index (χ3v) is 5.26. The van der Waals surface area contributed by atoms with Crippen LogP contribution in [0.1, 0.15) is 24.6 Å². The van der Waals surface area contributed by atoms with Crippen LogP contribution in [0.2, 0.25) is 0 Å². The van der Waals surface area contributed by atoms with Gasteiger partial charge in [-0.15, -0.1) is 11.3 Å². The average Bonchev–Trinajstić information content (AvgIpc) is 3.27. The minimum atomic E-state index is 0.451. The molecule has 0 amide bonds. The Hall–Kier alpha value is -1.92. The molecular weight excluding hydrogens is 308 g/mol. The van der Waals surface area contributed by atoms with E-state index in [9.17, 15) is 0 Å². The molecule has 1 aliphatic rings. The summed E-state index contributed by atoms with van der Waals surface area (Å²) in [5, 5.41) is 2.04. The van der Waals surface area contributed by atoms with Gasteiger partial charge in [0.15, 0.2) is 5.82 Å². The Morgan fingerprint density at radius 3 is 3.09 bits per heavy atom. The lowest BCUT2D eigenvalue weighted by atomic mass is 10.1. The summed E-state index contributed by atoms with van der Waals surface area (Å²) in [5.74, 6) is 2.42. The van der Waals surface area contributed by atoms with E-state index in [0.717, 1.165) is 28.7 Å². The zero-order valence-electron chi connectivity index (χ0n) is 13.4. The molecule has 1 fully saturated rings. The third-order valence-electron chi connectivity index (χ3n) is 4.40. The van der Waals surface area contributed by atoms with Gasteiger partial charge in [0.05, 0.1) is 4.88 Å². The van der Waals surface area contributed by atoms with Crippen molar-refractivity contribution in [2.45, 2.75) is 25.8 Å². The van der Waals surface area contributed by atoms with Gasteiger partial charge in [0, 0.05) is 25.0 Å². The molecule has 1 atom stereocenters. The number of imidazole rings is 1. The Bertz CT molecular complexity index is 789. The summed E-state index contributed by atoms with van der Waals surface area (Å²) >= 11 is 1.64. The van der Waals surface area contributed by atoms with Gasteiger partial charge in [-0.2, -0.15) is 0 Å². The van der Waals surface area contributed by atoms with E-state index in [2.05, 4.69) is 27.7 Å². The Morgan fingerprint density at radius 1 is 1.39 bits per heavy atom. The van der Waals surface area contributed by atoms with E-state index in [1.807, 2.05) is 30.6 Å². The van der Waals surface area contributed by atoms with Crippen LogP contribution in [0.25, 0.3) is 22.3 Å². The van der Waals surface area contributed by atoms with Crippen LogP contribution < -0.4 is 0 Å². The van der Waals surface area contributed by atoms with Gasteiger partial charge in [0.25, 0.3) is 0 Å². The van der Waals surface area contributed by atoms with Gasteiger partial charge in [-0.3, -0.25) is 0 Å². The average molecular weight is 328 g/mol. The minimum Gasteiger partial charge on any atom is -0.440 e. The molecule has 23 heavy (non-hydrogen) atoms. The summed E-state index contributed by atoms with van der Waals surface area (Å²) < 4.78 is 8.14. The summed E-state index contributed by atoms with van der Waals surface area (Å²) in [6, 6.07) is 4.49. The first-order valence-electron chi connectivity index (χ1n) is 7.95. The Balaban J connectivity index is 1.70. The second kappa shape index (κ2) is 5.94. The minimum absolute atomic E-state index is 0.451. The molecule has 1 saturated heterocycles. The van der Waals surface area contributed by atoms with Crippen molar-refractivity contribution < 1.29 is 4.42 Å². The summed E-state index contributed by atoms with van der Waals surface area (Å²) in [6.07, 6.45) is 6.33. The third kappa shape index (κ3) is 2.72. The van der Waals surface area contributed by atoms with Gasteiger partial charge < -0.3 is 13.9 Å². The summed E-state index contributed by atoms with van der Waals surface area (Å²) in [6.45, 7) is 4.19. The standard InChI is InChI=1S/C17H20N4OS/c1-12-15(19-17(22-12)14-6-4-10-23-14)16-18-7-9-21(16)13-5-3-8-20(2)11-13/h4,6-7,9-10,13H,3,5,8,11H2,1-2H3. The van der Waals surface area contributed by atoms with Crippen LogP contribution in [0.4, 0.5) is 0 Å². The predicted octanol–water partition coefficient (Wildman–Crippen LogP) is 3.84. The normalized spacial score (nSPS) is 19.3. The molecule has 0 radical (unpaired) electrons. The molecule has 0 saturated carbocycles. The van der Waals surface area contributed by atoms with Crippen LogP contribution in [-0.2, 0) is 0 Å². The number of oxazole rings is 1. The van der Waals surface area contributed by atoms with Crippen molar-refractivity contribution in [3.8, 4) is 22.3 Å². The number of likely N-dealkylation sites (tertiary alicyclic amines) is 1. The molecule has 0 aliphatic carbocycles. The van der Waals surface area contributed by atoms with Crippen LogP contribution in [-0.4, -0.2) is 39.6 Å². The zero-order chi connectivity index (χ0) is 15.8. The highest BCUT2D eigenvalue weighted by atomic mass is 32.1. The van der Waals surface area contributed by atoms with Crippen molar-refractivity contribution in [2.24, 2.45) is 0 Å². The maximum absolute atomic E-state index is 5.88. The molecule has 3 aromatic heterocycles. The maximum Gasteiger partial charge on any atom is 0.237 e. The fourth-order valence-corrected chi connectivity index (χ4v) is 3.92. The number of hydrogen-bond donors (Lipinski definition) is 0. The van der Waals surface area contributed by atoms with E-state index >= 15 is 0 Å². The van der Waals surface area contributed by atoms with E-state index in [0.29, 0.717) is 11.9 Å². The van der Waals surface area contributed by atoms with Gasteiger partial charge in [-0.25, -0.2) is 9.97 Å². The second-order valence-corrected chi connectivity index (χ2v) is 7.07. The molecule has 0 N–H and O–H groups in total. The van der Waals surface area contributed by atoms with Crippen LogP contribution in [0.15, 0.2) is 34.3 Å². The van der Waals surface area contributed by atoms with Crippen molar-refractivity contribution in [1.82, 2.24) is 19.4 Å². The highest BCUT2D eigenvalue weighted by Gasteiger charge is 2.24. The van der Waals surface area contributed by atoms with E-state index in [1.165, 1.54) is 19.4 Å². The molecule has 4 heterocycles. The highest BCUT2D eigenvalue weighted by Crippen LogP contribution is 2.32. The van der Waals surface area contributed by atoms with Gasteiger partial charge in [0.1, 0.15) is 11.5 Å². The second-order valence-electron chi connectivity index (χ2n) is 6.12. The number of hydrogen-bond acceptors (Lipinski definition) is 5. The lowest BCUT2D eigenvalue weighted by Gasteiger charge is -2.31. The number of thiophene rings is 1. The zero-order valence-corrected chi connectivity index (χ0v) is 14.2. The van der Waals surface area contributed by atoms with Crippen LogP contribution >= 0.6 is 11.3 Å². The van der Waals surface area contributed by atoms with Crippen LogP contribution in [0, 0.1) is 6.92 Å². The van der Waals surface area contributed by atoms with Crippen molar-refractivity contribution in [3.05, 3.63) is 35.7 Å². The number of likely N-dealkylation sites (N-methyl/N-ethyl adjacent to an activating group) is 1. The van der Waals surface area contributed by atoms with Gasteiger partial charge in [-0.05, 0) is 44.8 Å². The molecule has 0 aromatic carbocycles. The van der Waals surface area contributed by atoms with E-state index < -0.39 is 0 Å². The first-order valence-corrected chi connectivity index (χ1v) is 8.83. The molecule has 0 spiro atoms. The van der Waals surface area contributed by atoms with Crippen LogP contribution in [0.3, 0.4) is 0 Å². The predicted molar refractivity (Wildman–Crippen MR) is 91.5 cm³/mol. The molecule has 6 heteroatoms. The van der Waals surface area contributed by atoms with Crippen molar-refractivity contribution in [3.63, 3.8) is 0 Å². The number of aryl methyl sites for hydroxylation is 1. The topological polar surface area (TPSA) is 47.1 Å². The fraction of sp³-hybridized carbons (Fsp3) is 0.412. The molecule has 1 aliphatic heterocycles. The number of rotatable bonds is 3. The quantitative estimate of drug-likeness (QED) is 0.733. The summed E-state index contributed by atoms with van der Waals surface area (Å²) in [7, 11) is 2.18. The SMILES string of the molecule is Cc1oc(-c2cccs2)nc1-c1nccn1C1CCCN(C)C1. The maximum atomic E-state index is 5.88. The van der Waals surface area contributed by atoms with E-state index in [4.69, 9.17) is 9.40 Å². The molecular formula is C17H20N4OS. The van der Waals surface area contributed by atoms with Crippen molar-refractivity contribution in [1.29, 1.82) is 0 Å². The monoisotopic (exact) mass is 328 g/mol. The molecule has 5 nitrogen and oxygen atoms in total. The van der Waals surface area contributed by atoms with E-state index in [-0.39, 0.29) is 0 Å². The van der Waals surface area contributed by atoms with Gasteiger partial charge in [0.2, 0.25) is 5.89 Å². The lowest BCUT2D eigenvalue weighted by Crippen LogP contribution is -2.33. The molecule has 120 valence electrons. The smallest absolute Gasteiger partial charge is 0.237 e. The molecule has 3 aromatic rings. The fourth-order valence-electron chi connectivity index (χ4n) is 3.27. The van der Waals surface area contributed by atoms with Gasteiger partial charge >= 0.3 is 0 Å². The Labute approximate surface area is 139 Å². The van der Waals surface area contributed by atoms with Gasteiger partial charge in [-0.1, -0.05) is 6.07 Å². The summed E-state index contributed by atoms with van der Waals surface area (Å²) in [5.41, 5.74) is 0.853. The first kappa shape index (κ1) is 14.7. The Morgan fingerprint density at radius 2 is 2.30 bits per heavy atom. The largest absolute Gasteiger partial charge is 0.440 e. The molecule has 0 bridgehead atoms. The first-order chi connectivity index (χ1) is 11.2. The lowest BCUT2D eigenvalue weighted by molar-refractivity contribution is 0.213. The van der Waals surface area contributed by atoms with Crippen molar-refractivity contribution >= 4 is 11.3 Å². The summed E-state index contributed by atoms with van der Waals surface area (Å²) in [4.78, 5) is 12.7. The van der Waals surface area contributed by atoms with E-state index in [1.54, 1.807) is 11.3 Å². The van der Waals surface area contributed by atoms with Crippen LogP contribution in [0.5, 0.6) is 0 Å². The molecule has 1 unspecified atom stereocenters. The van der Waals surface area contributed by atoms with Crippen molar-refractivity contribution in [2.75, 3.05) is 20.1 Å². The number of piperidine rings is 1. The number of nitrogens with zero attached hydrogens (tertiary/aromatic N) is 4. The number of aromatic nitrogens is 3. The Kier molecular flexibility index (Phi) is 3.79. The highest BCUT2D eigenvalue weighted by molar-refractivity contribution is 7.13.